The molecule has 3 aromatic carbocycles. The van der Waals surface area contributed by atoms with E-state index < -0.39 is 5.91 Å². The quantitative estimate of drug-likeness (QED) is 0.251. The molecule has 162 valence electrons. The number of amides is 1. The Bertz CT molecular complexity index is 1230. The van der Waals surface area contributed by atoms with E-state index in [0.29, 0.717) is 36.5 Å². The summed E-state index contributed by atoms with van der Waals surface area (Å²) < 4.78 is 6.40. The lowest BCUT2D eigenvalue weighted by Gasteiger charge is -2.12. The average Bonchev–Trinajstić information content (AvgIpc) is 2.73. The van der Waals surface area contributed by atoms with Crippen LogP contribution in [0.4, 0.5) is 5.69 Å². The molecule has 3 aromatic rings. The molecule has 0 spiro atoms. The minimum atomic E-state index is -0.509. The van der Waals surface area contributed by atoms with Crippen molar-refractivity contribution in [2.75, 3.05) is 5.32 Å². The molecule has 0 bridgehead atoms. The van der Waals surface area contributed by atoms with Crippen LogP contribution < -0.4 is 10.1 Å². The second-order valence-electron chi connectivity index (χ2n) is 6.84. The molecule has 0 aliphatic heterocycles. The Morgan fingerprint density at radius 1 is 1.09 bits per heavy atom. The van der Waals surface area contributed by atoms with Crippen molar-refractivity contribution >= 4 is 68.4 Å². The molecule has 0 heterocycles. The van der Waals surface area contributed by atoms with Crippen molar-refractivity contribution in [2.45, 2.75) is 13.5 Å². The zero-order valence-corrected chi connectivity index (χ0v) is 20.6. The molecule has 4 nitrogen and oxygen atoms in total. The molecular weight excluding hydrogens is 535 g/mol. The van der Waals surface area contributed by atoms with Crippen LogP contribution in [-0.2, 0) is 11.4 Å². The Kier molecular flexibility index (Phi) is 8.22. The van der Waals surface area contributed by atoms with Gasteiger partial charge in [0.15, 0.2) is 5.75 Å². The predicted octanol–water partition coefficient (Wildman–Crippen LogP) is 7.84. The molecule has 0 fully saturated rings. The molecule has 0 saturated heterocycles. The van der Waals surface area contributed by atoms with Gasteiger partial charge in [0.2, 0.25) is 0 Å². The van der Waals surface area contributed by atoms with Gasteiger partial charge in [0.05, 0.1) is 19.5 Å². The smallest absolute Gasteiger partial charge is 0.266 e. The maximum atomic E-state index is 12.5. The minimum Gasteiger partial charge on any atom is -0.486 e. The van der Waals surface area contributed by atoms with E-state index in [2.05, 4.69) is 21.2 Å². The van der Waals surface area contributed by atoms with Gasteiger partial charge in [0.1, 0.15) is 18.2 Å². The number of benzene rings is 3. The molecule has 0 aliphatic carbocycles. The van der Waals surface area contributed by atoms with Crippen LogP contribution in [0.25, 0.3) is 6.08 Å². The Labute approximate surface area is 209 Å². The highest BCUT2D eigenvalue weighted by molar-refractivity contribution is 9.10. The monoisotopic (exact) mass is 548 g/mol. The number of hydrogen-bond acceptors (Lipinski definition) is 3. The Balaban J connectivity index is 1.77. The van der Waals surface area contributed by atoms with Gasteiger partial charge < -0.3 is 10.1 Å². The normalized spacial score (nSPS) is 11.1. The van der Waals surface area contributed by atoms with E-state index in [4.69, 9.17) is 39.5 Å². The van der Waals surface area contributed by atoms with Gasteiger partial charge in [0.25, 0.3) is 5.91 Å². The topological polar surface area (TPSA) is 62.1 Å². The fourth-order valence-electron chi connectivity index (χ4n) is 2.82. The van der Waals surface area contributed by atoms with Gasteiger partial charge in [-0.25, -0.2) is 0 Å². The summed E-state index contributed by atoms with van der Waals surface area (Å²) in [4.78, 5) is 12.5. The van der Waals surface area contributed by atoms with E-state index in [-0.39, 0.29) is 12.2 Å². The highest BCUT2D eigenvalue weighted by Gasteiger charge is 2.13. The first-order valence-corrected chi connectivity index (χ1v) is 11.2. The summed E-state index contributed by atoms with van der Waals surface area (Å²) in [5, 5.41) is 13.4. The summed E-state index contributed by atoms with van der Waals surface area (Å²) in [5.41, 5.74) is 2.95. The number of halogens is 4. The lowest BCUT2D eigenvalue weighted by molar-refractivity contribution is -0.112. The average molecular weight is 551 g/mol. The second kappa shape index (κ2) is 10.9. The minimum absolute atomic E-state index is 0.0565. The van der Waals surface area contributed by atoms with Crippen LogP contribution in [0.5, 0.6) is 5.75 Å². The number of anilines is 1. The number of nitrogens with zero attached hydrogens (tertiary/aromatic N) is 1. The van der Waals surface area contributed by atoms with Crippen molar-refractivity contribution in [2.24, 2.45) is 0 Å². The number of aryl methyl sites for hydroxylation is 1. The van der Waals surface area contributed by atoms with Gasteiger partial charge >= 0.3 is 0 Å². The molecule has 0 radical (unpaired) electrons. The largest absolute Gasteiger partial charge is 0.486 e. The van der Waals surface area contributed by atoms with E-state index in [1.54, 1.807) is 36.4 Å². The first-order valence-electron chi connectivity index (χ1n) is 9.32. The van der Waals surface area contributed by atoms with Crippen molar-refractivity contribution in [3.63, 3.8) is 0 Å². The van der Waals surface area contributed by atoms with Gasteiger partial charge in [-0.1, -0.05) is 53.0 Å². The van der Waals surface area contributed by atoms with Crippen molar-refractivity contribution in [1.82, 2.24) is 0 Å². The third-order valence-electron chi connectivity index (χ3n) is 4.34. The van der Waals surface area contributed by atoms with E-state index in [1.165, 1.54) is 6.08 Å². The molecule has 0 aromatic heterocycles. The summed E-state index contributed by atoms with van der Waals surface area (Å²) in [6, 6.07) is 17.8. The maximum absolute atomic E-state index is 12.5. The van der Waals surface area contributed by atoms with Gasteiger partial charge in [-0.15, -0.1) is 0 Å². The number of carbonyl (C=O) groups excluding carboxylic acids is 1. The Morgan fingerprint density at radius 3 is 2.53 bits per heavy atom. The van der Waals surface area contributed by atoms with Crippen molar-refractivity contribution < 1.29 is 9.53 Å². The van der Waals surface area contributed by atoms with Gasteiger partial charge in [-0.2, -0.15) is 5.26 Å². The predicted molar refractivity (Wildman–Crippen MR) is 133 cm³/mol. The lowest BCUT2D eigenvalue weighted by Crippen LogP contribution is -2.13. The summed E-state index contributed by atoms with van der Waals surface area (Å²) >= 11 is 21.8. The molecule has 0 unspecified atom stereocenters. The van der Waals surface area contributed by atoms with Crippen LogP contribution >= 0.6 is 50.7 Å². The number of nitrogens with one attached hydrogen (secondary N) is 1. The molecule has 0 aliphatic rings. The third-order valence-corrected chi connectivity index (χ3v) is 5.95. The van der Waals surface area contributed by atoms with E-state index in [1.807, 2.05) is 31.2 Å². The van der Waals surface area contributed by atoms with Gasteiger partial charge in [-0.3, -0.25) is 4.79 Å². The maximum Gasteiger partial charge on any atom is 0.266 e. The van der Waals surface area contributed by atoms with E-state index in [9.17, 15) is 10.1 Å². The summed E-state index contributed by atoms with van der Waals surface area (Å²) in [5.74, 6) is -0.0807. The summed E-state index contributed by atoms with van der Waals surface area (Å²) in [6.07, 6.45) is 1.46. The Morgan fingerprint density at radius 2 is 1.88 bits per heavy atom. The number of hydrogen-bond donors (Lipinski definition) is 1. The molecule has 8 heteroatoms. The fourth-order valence-corrected chi connectivity index (χ4v) is 4.13. The molecule has 32 heavy (non-hydrogen) atoms. The standard InChI is InChI=1S/C24H16BrCl3N2O2/c1-14-3-2-4-18(7-14)30-24(31)17(12-29)8-16-9-19(25)23(22(28)11-16)32-13-15-5-6-20(26)21(27)10-15/h2-11H,13H2,1H3,(H,30,31)/b17-8-. The van der Waals surface area contributed by atoms with Crippen LogP contribution in [0.1, 0.15) is 16.7 Å². The van der Waals surface area contributed by atoms with Crippen LogP contribution in [-0.4, -0.2) is 5.91 Å². The molecule has 3 rings (SSSR count). The lowest BCUT2D eigenvalue weighted by atomic mass is 10.1. The summed E-state index contributed by atoms with van der Waals surface area (Å²) in [6.45, 7) is 2.15. The van der Waals surface area contributed by atoms with E-state index in [0.717, 1.165) is 11.1 Å². The van der Waals surface area contributed by atoms with Crippen LogP contribution in [0.15, 0.2) is 64.6 Å². The first-order chi connectivity index (χ1) is 15.3. The van der Waals surface area contributed by atoms with Crippen LogP contribution in [0, 0.1) is 18.3 Å². The SMILES string of the molecule is Cc1cccc(NC(=O)/C(C#N)=C\c2cc(Cl)c(OCc3ccc(Cl)c(Cl)c3)c(Br)c2)c1. The zero-order chi connectivity index (χ0) is 23.3. The highest BCUT2D eigenvalue weighted by atomic mass is 79.9. The molecular formula is C24H16BrCl3N2O2. The zero-order valence-electron chi connectivity index (χ0n) is 16.8. The highest BCUT2D eigenvalue weighted by Crippen LogP contribution is 2.36. The van der Waals surface area contributed by atoms with E-state index >= 15 is 0 Å². The summed E-state index contributed by atoms with van der Waals surface area (Å²) in [7, 11) is 0. The number of carbonyl (C=O) groups is 1. The second-order valence-corrected chi connectivity index (χ2v) is 8.92. The third kappa shape index (κ3) is 6.27. The molecule has 0 saturated carbocycles. The number of nitriles is 1. The molecule has 1 N–H and O–H groups in total. The Hall–Kier alpha value is -2.49. The number of rotatable bonds is 6. The molecule has 1 amide bonds. The number of ether oxygens (including phenoxy) is 1. The van der Waals surface area contributed by atoms with Crippen LogP contribution in [0.2, 0.25) is 15.1 Å². The van der Waals surface area contributed by atoms with Crippen molar-refractivity contribution in [3.05, 3.63) is 96.4 Å². The van der Waals surface area contributed by atoms with Crippen molar-refractivity contribution in [1.29, 1.82) is 5.26 Å². The molecule has 0 atom stereocenters. The first kappa shape index (κ1) is 24.2. The fraction of sp³-hybridized carbons (Fsp3) is 0.0833. The van der Waals surface area contributed by atoms with Gasteiger partial charge in [0, 0.05) is 5.69 Å². The van der Waals surface area contributed by atoms with Crippen LogP contribution in [0.3, 0.4) is 0 Å². The van der Waals surface area contributed by atoms with Crippen molar-refractivity contribution in [3.8, 4) is 11.8 Å². The van der Waals surface area contributed by atoms with Gasteiger partial charge in [-0.05, 0) is 82.0 Å².